The molecule has 7 nitrogen and oxygen atoms in total. The fourth-order valence-corrected chi connectivity index (χ4v) is 5.40. The Morgan fingerprint density at radius 2 is 1.67 bits per heavy atom. The standard InChI is InChI=1S/C34H25Cl2N5O2/c1-41-21-38-20-31(41)34(43,24-6-9-26(35)10-7-24)25-8-11-30-29(18-25)28(23-3-2-4-27(36)17-23)19-32(39-30)40-33(42)12-5-22-13-15-37-16-14-22/h2-21,43H,1H3,(H,39,40,42). The van der Waals surface area contributed by atoms with Crippen molar-refractivity contribution in [3.63, 3.8) is 0 Å². The van der Waals surface area contributed by atoms with Crippen LogP contribution in [0.15, 0.2) is 116 Å². The van der Waals surface area contributed by atoms with Crippen molar-refractivity contribution >= 4 is 51.9 Å². The lowest BCUT2D eigenvalue weighted by Gasteiger charge is -2.30. The molecule has 6 rings (SSSR count). The molecule has 212 valence electrons. The van der Waals surface area contributed by atoms with Crippen molar-refractivity contribution in [2.75, 3.05) is 5.32 Å². The van der Waals surface area contributed by atoms with E-state index in [-0.39, 0.29) is 5.91 Å². The molecule has 0 aliphatic rings. The number of aromatic nitrogens is 4. The van der Waals surface area contributed by atoms with Gasteiger partial charge in [-0.15, -0.1) is 0 Å². The van der Waals surface area contributed by atoms with Gasteiger partial charge in [0.15, 0.2) is 5.60 Å². The van der Waals surface area contributed by atoms with Crippen LogP contribution in [0.2, 0.25) is 10.0 Å². The van der Waals surface area contributed by atoms with E-state index in [1.807, 2.05) is 55.6 Å². The van der Waals surface area contributed by atoms with Gasteiger partial charge in [0.25, 0.3) is 0 Å². The van der Waals surface area contributed by atoms with Gasteiger partial charge in [0, 0.05) is 40.9 Å². The summed E-state index contributed by atoms with van der Waals surface area (Å²) in [6.07, 6.45) is 9.77. The van der Waals surface area contributed by atoms with Gasteiger partial charge in [0.2, 0.25) is 5.91 Å². The van der Waals surface area contributed by atoms with E-state index in [4.69, 9.17) is 28.2 Å². The molecule has 0 spiro atoms. The number of hydrogen-bond donors (Lipinski definition) is 2. The summed E-state index contributed by atoms with van der Waals surface area (Å²) in [5.74, 6) is 0.0462. The predicted octanol–water partition coefficient (Wildman–Crippen LogP) is 7.27. The van der Waals surface area contributed by atoms with Crippen LogP contribution in [0.4, 0.5) is 5.82 Å². The van der Waals surface area contributed by atoms with Gasteiger partial charge < -0.3 is 15.0 Å². The van der Waals surface area contributed by atoms with Crippen molar-refractivity contribution in [1.82, 2.24) is 19.5 Å². The molecular weight excluding hydrogens is 581 g/mol. The number of hydrogen-bond acceptors (Lipinski definition) is 5. The minimum atomic E-state index is -1.56. The lowest BCUT2D eigenvalue weighted by molar-refractivity contribution is -0.111. The van der Waals surface area contributed by atoms with Crippen LogP contribution in [0.3, 0.4) is 0 Å². The monoisotopic (exact) mass is 605 g/mol. The number of fused-ring (bicyclic) bond motifs is 1. The molecular formula is C34H25Cl2N5O2. The van der Waals surface area contributed by atoms with E-state index in [2.05, 4.69) is 15.3 Å². The van der Waals surface area contributed by atoms with Crippen molar-refractivity contribution in [3.05, 3.63) is 148 Å². The molecule has 43 heavy (non-hydrogen) atoms. The Bertz CT molecular complexity index is 1970. The van der Waals surface area contributed by atoms with Crippen molar-refractivity contribution in [2.24, 2.45) is 7.05 Å². The van der Waals surface area contributed by atoms with Crippen LogP contribution < -0.4 is 5.32 Å². The van der Waals surface area contributed by atoms with Gasteiger partial charge in [0.05, 0.1) is 23.7 Å². The molecule has 0 fully saturated rings. The van der Waals surface area contributed by atoms with Gasteiger partial charge in [0.1, 0.15) is 5.82 Å². The number of aliphatic hydroxyl groups is 1. The third kappa shape index (κ3) is 5.79. The average molecular weight is 607 g/mol. The number of aryl methyl sites for hydroxylation is 1. The van der Waals surface area contributed by atoms with E-state index >= 15 is 0 Å². The van der Waals surface area contributed by atoms with Crippen LogP contribution in [0.25, 0.3) is 28.1 Å². The Hall–Kier alpha value is -4.82. The quantitative estimate of drug-likeness (QED) is 0.187. The van der Waals surface area contributed by atoms with Crippen LogP contribution >= 0.6 is 23.2 Å². The highest BCUT2D eigenvalue weighted by Gasteiger charge is 2.37. The van der Waals surface area contributed by atoms with Gasteiger partial charge in [-0.2, -0.15) is 0 Å². The van der Waals surface area contributed by atoms with Gasteiger partial charge in [-0.3, -0.25) is 9.78 Å². The second kappa shape index (κ2) is 11.8. The first-order valence-electron chi connectivity index (χ1n) is 13.4. The molecule has 3 heterocycles. The molecule has 0 aliphatic heterocycles. The summed E-state index contributed by atoms with van der Waals surface area (Å²) < 4.78 is 1.78. The fourth-order valence-electron chi connectivity index (χ4n) is 5.08. The van der Waals surface area contributed by atoms with E-state index in [1.165, 1.54) is 6.08 Å². The number of rotatable bonds is 7. The zero-order valence-corrected chi connectivity index (χ0v) is 24.5. The van der Waals surface area contributed by atoms with E-state index in [0.717, 1.165) is 22.1 Å². The third-order valence-electron chi connectivity index (χ3n) is 7.20. The maximum atomic E-state index is 12.8. The number of pyridine rings is 2. The van der Waals surface area contributed by atoms with E-state index < -0.39 is 5.60 Å². The van der Waals surface area contributed by atoms with Crippen molar-refractivity contribution in [2.45, 2.75) is 5.60 Å². The minimum absolute atomic E-state index is 0.328. The van der Waals surface area contributed by atoms with E-state index in [1.54, 1.807) is 72.0 Å². The maximum Gasteiger partial charge on any atom is 0.249 e. The number of nitrogens with one attached hydrogen (secondary N) is 1. The number of imidazole rings is 1. The summed E-state index contributed by atoms with van der Waals surface area (Å²) in [6.45, 7) is 0. The summed E-state index contributed by atoms with van der Waals surface area (Å²) in [7, 11) is 1.83. The van der Waals surface area contributed by atoms with E-state index in [0.29, 0.717) is 38.2 Å². The third-order valence-corrected chi connectivity index (χ3v) is 7.68. The zero-order chi connectivity index (χ0) is 30.0. The van der Waals surface area contributed by atoms with Crippen LogP contribution in [0.5, 0.6) is 0 Å². The molecule has 3 aromatic heterocycles. The van der Waals surface area contributed by atoms with Crippen molar-refractivity contribution < 1.29 is 9.90 Å². The molecule has 2 N–H and O–H groups in total. The highest BCUT2D eigenvalue weighted by atomic mass is 35.5. The molecule has 0 bridgehead atoms. The van der Waals surface area contributed by atoms with Crippen LogP contribution in [-0.4, -0.2) is 30.5 Å². The number of benzene rings is 3. The maximum absolute atomic E-state index is 12.8. The second-order valence-electron chi connectivity index (χ2n) is 10.0. The molecule has 0 aliphatic carbocycles. The number of nitrogens with zero attached hydrogens (tertiary/aromatic N) is 4. The van der Waals surface area contributed by atoms with E-state index in [9.17, 15) is 9.90 Å². The molecule has 1 atom stereocenters. The topological polar surface area (TPSA) is 92.9 Å². The van der Waals surface area contributed by atoms with Crippen LogP contribution in [0.1, 0.15) is 22.4 Å². The Kier molecular flexibility index (Phi) is 7.78. The minimum Gasteiger partial charge on any atom is -0.374 e. The smallest absolute Gasteiger partial charge is 0.249 e. The Morgan fingerprint density at radius 1 is 0.907 bits per heavy atom. The first kappa shape index (κ1) is 28.3. The molecule has 6 aromatic rings. The number of carbonyl (C=O) groups excluding carboxylic acids is 1. The lowest BCUT2D eigenvalue weighted by atomic mass is 9.82. The van der Waals surface area contributed by atoms with Crippen LogP contribution in [-0.2, 0) is 17.4 Å². The molecule has 0 saturated carbocycles. The van der Waals surface area contributed by atoms with Crippen molar-refractivity contribution in [1.29, 1.82) is 0 Å². The summed E-state index contributed by atoms with van der Waals surface area (Å²) in [5.41, 5.74) is 3.34. The molecule has 1 amide bonds. The second-order valence-corrected chi connectivity index (χ2v) is 10.9. The molecule has 9 heteroatoms. The number of carbonyl (C=O) groups is 1. The summed E-state index contributed by atoms with van der Waals surface area (Å²) in [4.78, 5) is 25.8. The average Bonchev–Trinajstić information content (AvgIpc) is 3.46. The number of halogens is 2. The first-order valence-corrected chi connectivity index (χ1v) is 14.1. The molecule has 0 radical (unpaired) electrons. The Labute approximate surface area is 258 Å². The van der Waals surface area contributed by atoms with Gasteiger partial charge in [-0.1, -0.05) is 53.5 Å². The number of anilines is 1. The highest BCUT2D eigenvalue weighted by molar-refractivity contribution is 6.31. The van der Waals surface area contributed by atoms with Gasteiger partial charge in [-0.05, 0) is 88.5 Å². The Balaban J connectivity index is 1.49. The SMILES string of the molecule is Cn1cncc1C(O)(c1ccc(Cl)cc1)c1ccc2nc(NC(=O)C=Cc3ccncc3)cc(-c3cccc(Cl)c3)c2c1. The van der Waals surface area contributed by atoms with Crippen molar-refractivity contribution in [3.8, 4) is 11.1 Å². The van der Waals surface area contributed by atoms with Gasteiger partial charge in [-0.25, -0.2) is 9.97 Å². The molecule has 1 unspecified atom stereocenters. The predicted molar refractivity (Wildman–Crippen MR) is 171 cm³/mol. The summed E-state index contributed by atoms with van der Waals surface area (Å²) >= 11 is 12.6. The Morgan fingerprint density at radius 3 is 2.40 bits per heavy atom. The number of amides is 1. The first-order chi connectivity index (χ1) is 20.8. The summed E-state index contributed by atoms with van der Waals surface area (Å²) in [5, 5.41) is 17.2. The molecule has 0 saturated heterocycles. The normalized spacial score (nSPS) is 12.8. The highest BCUT2D eigenvalue weighted by Crippen LogP contribution is 2.40. The molecule has 3 aromatic carbocycles. The zero-order valence-electron chi connectivity index (χ0n) is 22.9. The largest absolute Gasteiger partial charge is 0.374 e. The van der Waals surface area contributed by atoms with Crippen LogP contribution in [0, 0.1) is 0 Å². The summed E-state index contributed by atoms with van der Waals surface area (Å²) in [6, 6.07) is 25.5. The lowest BCUT2D eigenvalue weighted by Crippen LogP contribution is -2.31. The fraction of sp³-hybridized carbons (Fsp3) is 0.0588. The van der Waals surface area contributed by atoms with Gasteiger partial charge >= 0.3 is 0 Å².